The largest absolute Gasteiger partial charge is 0.398 e. The first-order valence-electron chi connectivity index (χ1n) is 4.60. The number of nitrogens with zero attached hydrogens (tertiary/aromatic N) is 1. The van der Waals surface area contributed by atoms with Gasteiger partial charge in [0.2, 0.25) is 0 Å². The average Bonchev–Trinajstić information content (AvgIpc) is 2.20. The molecule has 0 fully saturated rings. The Kier molecular flexibility index (Phi) is 3.84. The van der Waals surface area contributed by atoms with Gasteiger partial charge >= 0.3 is 0 Å². The van der Waals surface area contributed by atoms with Gasteiger partial charge in [0.1, 0.15) is 0 Å². The first kappa shape index (κ1) is 10.9. The molecule has 14 heavy (non-hydrogen) atoms. The third-order valence-corrected chi connectivity index (χ3v) is 3.53. The molecule has 0 aromatic heterocycles. The topological polar surface area (TPSA) is 49.8 Å². The van der Waals surface area contributed by atoms with Crippen molar-refractivity contribution in [3.8, 4) is 6.07 Å². The van der Waals surface area contributed by atoms with E-state index >= 15 is 0 Å². The third kappa shape index (κ3) is 2.43. The Hall–Kier alpha value is -1.14. The number of rotatable bonds is 3. The minimum absolute atomic E-state index is 0.0236. The van der Waals surface area contributed by atoms with Crippen molar-refractivity contribution >= 4 is 17.4 Å². The number of thioether (sulfide) groups is 1. The molecule has 1 atom stereocenters. The van der Waals surface area contributed by atoms with Gasteiger partial charge in [-0.3, -0.25) is 0 Å². The molecule has 1 rings (SSSR count). The zero-order chi connectivity index (χ0) is 10.6. The molecule has 0 saturated carbocycles. The number of anilines is 1. The summed E-state index contributed by atoms with van der Waals surface area (Å²) < 4.78 is 0. The highest BCUT2D eigenvalue weighted by Crippen LogP contribution is 2.30. The number of benzene rings is 1. The summed E-state index contributed by atoms with van der Waals surface area (Å²) in [7, 11) is 0. The Morgan fingerprint density at radius 3 is 2.86 bits per heavy atom. The molecule has 0 aliphatic rings. The molecular weight excluding hydrogens is 192 g/mol. The Labute approximate surface area is 89.1 Å². The molecule has 0 aliphatic carbocycles. The maximum absolute atomic E-state index is 8.85. The van der Waals surface area contributed by atoms with Crippen LogP contribution in [-0.2, 0) is 0 Å². The van der Waals surface area contributed by atoms with E-state index in [-0.39, 0.29) is 5.25 Å². The zero-order valence-corrected chi connectivity index (χ0v) is 9.27. The Morgan fingerprint density at radius 2 is 2.29 bits per heavy atom. The van der Waals surface area contributed by atoms with Crippen molar-refractivity contribution in [3.63, 3.8) is 0 Å². The van der Waals surface area contributed by atoms with Crippen molar-refractivity contribution in [1.82, 2.24) is 0 Å². The van der Waals surface area contributed by atoms with Gasteiger partial charge in [0, 0.05) is 10.6 Å². The van der Waals surface area contributed by atoms with Crippen LogP contribution in [0.1, 0.15) is 18.9 Å². The minimum Gasteiger partial charge on any atom is -0.398 e. The lowest BCUT2D eigenvalue weighted by Crippen LogP contribution is -1.98. The smallest absolute Gasteiger partial charge is 0.0961 e. The molecule has 0 heterocycles. The molecule has 0 bridgehead atoms. The molecule has 2 N–H and O–H groups in total. The number of nitrogen functional groups attached to an aromatic ring is 1. The number of hydrogen-bond donors (Lipinski definition) is 1. The molecule has 0 aliphatic heterocycles. The molecule has 0 amide bonds. The van der Waals surface area contributed by atoms with Gasteiger partial charge in [0.25, 0.3) is 0 Å². The molecule has 1 unspecified atom stereocenters. The lowest BCUT2D eigenvalue weighted by molar-refractivity contribution is 0.984. The fourth-order valence-electron chi connectivity index (χ4n) is 1.11. The Balaban J connectivity index is 2.87. The first-order valence-corrected chi connectivity index (χ1v) is 5.48. The standard InChI is InChI=1S/C11H14N2S/c1-3-9(7-12)14-11-6-4-5-10(13)8(11)2/h4-6,9H,3,13H2,1-2H3. The summed E-state index contributed by atoms with van der Waals surface area (Å²) in [5.41, 5.74) is 7.65. The van der Waals surface area contributed by atoms with Gasteiger partial charge in [-0.1, -0.05) is 13.0 Å². The van der Waals surface area contributed by atoms with Crippen LogP contribution in [0.4, 0.5) is 5.69 Å². The third-order valence-electron chi connectivity index (χ3n) is 2.11. The maximum Gasteiger partial charge on any atom is 0.0961 e. The SMILES string of the molecule is CCC(C#N)Sc1cccc(N)c1C. The fourth-order valence-corrected chi connectivity index (χ4v) is 2.09. The Bertz CT molecular complexity index is 355. The normalized spacial score (nSPS) is 12.1. The van der Waals surface area contributed by atoms with Gasteiger partial charge < -0.3 is 5.73 Å². The van der Waals surface area contributed by atoms with E-state index in [1.54, 1.807) is 11.8 Å². The molecule has 0 saturated heterocycles. The lowest BCUT2D eigenvalue weighted by atomic mass is 10.2. The zero-order valence-electron chi connectivity index (χ0n) is 8.45. The van der Waals surface area contributed by atoms with Crippen LogP contribution < -0.4 is 5.73 Å². The second-order valence-corrected chi connectivity index (χ2v) is 4.36. The summed E-state index contributed by atoms with van der Waals surface area (Å²) in [6, 6.07) is 8.09. The predicted molar refractivity (Wildman–Crippen MR) is 61.1 cm³/mol. The highest BCUT2D eigenvalue weighted by atomic mass is 32.2. The highest BCUT2D eigenvalue weighted by Gasteiger charge is 2.09. The number of hydrogen-bond acceptors (Lipinski definition) is 3. The molecule has 2 nitrogen and oxygen atoms in total. The van der Waals surface area contributed by atoms with Crippen molar-refractivity contribution in [2.24, 2.45) is 0 Å². The quantitative estimate of drug-likeness (QED) is 0.611. The summed E-state index contributed by atoms with van der Waals surface area (Å²) in [4.78, 5) is 1.11. The van der Waals surface area contributed by atoms with Crippen LogP contribution in [0.2, 0.25) is 0 Å². The summed E-state index contributed by atoms with van der Waals surface area (Å²) in [5.74, 6) is 0. The van der Waals surface area contributed by atoms with Crippen LogP contribution in [0.5, 0.6) is 0 Å². The fraction of sp³-hybridized carbons (Fsp3) is 0.364. The van der Waals surface area contributed by atoms with E-state index in [4.69, 9.17) is 11.0 Å². The maximum atomic E-state index is 8.85. The second kappa shape index (κ2) is 4.92. The number of nitrogens with two attached hydrogens (primary N) is 1. The molecule has 3 heteroatoms. The second-order valence-electron chi connectivity index (χ2n) is 3.11. The van der Waals surface area contributed by atoms with Gasteiger partial charge in [-0.25, -0.2) is 0 Å². The van der Waals surface area contributed by atoms with Crippen LogP contribution in [0.3, 0.4) is 0 Å². The van der Waals surface area contributed by atoms with E-state index in [9.17, 15) is 0 Å². The summed E-state index contributed by atoms with van der Waals surface area (Å²) in [5, 5.41) is 8.87. The first-order chi connectivity index (χ1) is 6.69. The van der Waals surface area contributed by atoms with Crippen molar-refractivity contribution in [3.05, 3.63) is 23.8 Å². The predicted octanol–water partition coefficient (Wildman–Crippen LogP) is 2.97. The van der Waals surface area contributed by atoms with Crippen LogP contribution in [-0.4, -0.2) is 5.25 Å². The molecule has 1 aromatic rings. The van der Waals surface area contributed by atoms with E-state index in [2.05, 4.69) is 6.07 Å². The van der Waals surface area contributed by atoms with E-state index in [1.165, 1.54) is 0 Å². The molecule has 74 valence electrons. The molecule has 0 spiro atoms. The van der Waals surface area contributed by atoms with Crippen LogP contribution in [0, 0.1) is 18.3 Å². The molecule has 0 radical (unpaired) electrons. The van der Waals surface area contributed by atoms with E-state index in [0.29, 0.717) is 0 Å². The van der Waals surface area contributed by atoms with Crippen molar-refractivity contribution in [2.75, 3.05) is 5.73 Å². The van der Waals surface area contributed by atoms with Crippen LogP contribution in [0.25, 0.3) is 0 Å². The highest BCUT2D eigenvalue weighted by molar-refractivity contribution is 8.00. The van der Waals surface area contributed by atoms with E-state index < -0.39 is 0 Å². The summed E-state index contributed by atoms with van der Waals surface area (Å²) >= 11 is 1.59. The van der Waals surface area contributed by atoms with Crippen molar-refractivity contribution in [2.45, 2.75) is 30.4 Å². The van der Waals surface area contributed by atoms with Crippen molar-refractivity contribution < 1.29 is 0 Å². The number of nitriles is 1. The monoisotopic (exact) mass is 206 g/mol. The lowest BCUT2D eigenvalue weighted by Gasteiger charge is -2.10. The van der Waals surface area contributed by atoms with Gasteiger partial charge in [-0.05, 0) is 31.0 Å². The van der Waals surface area contributed by atoms with Gasteiger partial charge in [-0.15, -0.1) is 11.8 Å². The van der Waals surface area contributed by atoms with Crippen molar-refractivity contribution in [1.29, 1.82) is 5.26 Å². The van der Waals surface area contributed by atoms with Gasteiger partial charge in [0.15, 0.2) is 0 Å². The summed E-state index contributed by atoms with van der Waals surface area (Å²) in [6.45, 7) is 4.00. The Morgan fingerprint density at radius 1 is 1.57 bits per heavy atom. The van der Waals surface area contributed by atoms with E-state index in [0.717, 1.165) is 22.6 Å². The van der Waals surface area contributed by atoms with Gasteiger partial charge in [-0.2, -0.15) is 5.26 Å². The van der Waals surface area contributed by atoms with E-state index in [1.807, 2.05) is 32.0 Å². The molecular formula is C11H14N2S. The molecule has 1 aromatic carbocycles. The average molecular weight is 206 g/mol. The van der Waals surface area contributed by atoms with Crippen LogP contribution in [0.15, 0.2) is 23.1 Å². The van der Waals surface area contributed by atoms with Gasteiger partial charge in [0.05, 0.1) is 11.3 Å². The minimum atomic E-state index is 0.0236. The summed E-state index contributed by atoms with van der Waals surface area (Å²) in [6.07, 6.45) is 0.857. The van der Waals surface area contributed by atoms with Crippen LogP contribution >= 0.6 is 11.8 Å².